The molecule has 1 radical (unpaired) electrons. The molecule has 5 nitrogen and oxygen atoms in total. The summed E-state index contributed by atoms with van der Waals surface area (Å²) in [5.74, 6) is 1.18. The molecular weight excluding hydrogens is 300 g/mol. The number of aromatic nitrogens is 2. The van der Waals surface area contributed by atoms with Gasteiger partial charge >= 0.3 is 0 Å². The predicted octanol–water partition coefficient (Wildman–Crippen LogP) is 3.20. The number of carbonyl (C=O) groups excluding carboxylic acids is 1. The fraction of sp³-hybridized carbons (Fsp3) is 0.421. The Hall–Kier alpha value is -2.43. The molecule has 0 N–H and O–H groups in total. The van der Waals surface area contributed by atoms with E-state index in [9.17, 15) is 4.79 Å². The fourth-order valence-corrected chi connectivity index (χ4v) is 2.62. The Bertz CT molecular complexity index is 664. The van der Waals surface area contributed by atoms with Gasteiger partial charge in [0.05, 0.1) is 5.56 Å². The van der Waals surface area contributed by atoms with E-state index in [1.807, 2.05) is 18.2 Å². The van der Waals surface area contributed by atoms with Crippen molar-refractivity contribution in [1.29, 1.82) is 0 Å². The molecule has 0 aliphatic carbocycles. The Labute approximate surface area is 144 Å². The quantitative estimate of drug-likeness (QED) is 0.698. The van der Waals surface area contributed by atoms with E-state index in [4.69, 9.17) is 4.98 Å². The van der Waals surface area contributed by atoms with Crippen LogP contribution in [0.3, 0.4) is 0 Å². The van der Waals surface area contributed by atoms with Crippen LogP contribution in [-0.4, -0.2) is 41.9 Å². The first-order chi connectivity index (χ1) is 11.7. The minimum atomic E-state index is -0.0939. The summed E-state index contributed by atoms with van der Waals surface area (Å²) in [7, 11) is 0. The highest BCUT2D eigenvalue weighted by atomic mass is 16.1. The van der Waals surface area contributed by atoms with Crippen LogP contribution < -0.4 is 9.80 Å². The van der Waals surface area contributed by atoms with Gasteiger partial charge in [-0.15, -0.1) is 0 Å². The highest BCUT2D eigenvalue weighted by molar-refractivity contribution is 6.11. The molecule has 0 spiro atoms. The molecule has 1 heterocycles. The number of hydrogen-bond acceptors (Lipinski definition) is 5. The zero-order valence-electron chi connectivity index (χ0n) is 14.9. The molecule has 0 saturated carbocycles. The average molecular weight is 325 g/mol. The molecule has 0 atom stereocenters. The van der Waals surface area contributed by atoms with Gasteiger partial charge in [-0.05, 0) is 27.7 Å². The van der Waals surface area contributed by atoms with E-state index in [-0.39, 0.29) is 5.78 Å². The molecule has 0 aliphatic rings. The third kappa shape index (κ3) is 3.72. The maximum atomic E-state index is 12.9. The minimum Gasteiger partial charge on any atom is -0.356 e. The average Bonchev–Trinajstić information content (AvgIpc) is 2.64. The topological polar surface area (TPSA) is 49.3 Å². The van der Waals surface area contributed by atoms with E-state index in [0.29, 0.717) is 22.9 Å². The molecule has 0 aliphatic heterocycles. The number of ketones is 1. The van der Waals surface area contributed by atoms with Crippen LogP contribution in [0, 0.1) is 6.20 Å². The van der Waals surface area contributed by atoms with Crippen LogP contribution in [0.4, 0.5) is 11.8 Å². The molecule has 127 valence electrons. The SMILES string of the molecule is CCN(CC)c1n[c]c(C(=O)c2ccccc2)c(N(CC)CC)n1. The van der Waals surface area contributed by atoms with Crippen molar-refractivity contribution in [2.75, 3.05) is 36.0 Å². The van der Waals surface area contributed by atoms with Crippen molar-refractivity contribution in [2.45, 2.75) is 27.7 Å². The normalized spacial score (nSPS) is 10.5. The molecule has 0 unspecified atom stereocenters. The molecule has 5 heteroatoms. The Morgan fingerprint density at radius 2 is 1.54 bits per heavy atom. The predicted molar refractivity (Wildman–Crippen MR) is 97.9 cm³/mol. The zero-order valence-corrected chi connectivity index (χ0v) is 14.9. The van der Waals surface area contributed by atoms with Crippen molar-refractivity contribution in [3.8, 4) is 0 Å². The van der Waals surface area contributed by atoms with Gasteiger partial charge in [0.1, 0.15) is 12.0 Å². The largest absolute Gasteiger partial charge is 0.356 e. The van der Waals surface area contributed by atoms with Gasteiger partial charge in [-0.2, -0.15) is 4.98 Å². The summed E-state index contributed by atoms with van der Waals surface area (Å²) in [6.45, 7) is 11.4. The van der Waals surface area contributed by atoms with E-state index in [1.165, 1.54) is 0 Å². The Kier molecular flexibility index (Phi) is 6.29. The highest BCUT2D eigenvalue weighted by Crippen LogP contribution is 2.23. The first-order valence-electron chi connectivity index (χ1n) is 8.55. The molecule has 1 aromatic heterocycles. The van der Waals surface area contributed by atoms with Crippen LogP contribution in [-0.2, 0) is 0 Å². The van der Waals surface area contributed by atoms with Crippen LogP contribution in [0.5, 0.6) is 0 Å². The smallest absolute Gasteiger partial charge is 0.227 e. The molecular formula is C19H25N4O. The van der Waals surface area contributed by atoms with Crippen LogP contribution in [0.2, 0.25) is 0 Å². The lowest BCUT2D eigenvalue weighted by Crippen LogP contribution is -2.29. The monoisotopic (exact) mass is 325 g/mol. The van der Waals surface area contributed by atoms with Gasteiger partial charge in [-0.1, -0.05) is 30.3 Å². The lowest BCUT2D eigenvalue weighted by atomic mass is 10.0. The number of nitrogens with zero attached hydrogens (tertiary/aromatic N) is 4. The molecule has 0 saturated heterocycles. The number of rotatable bonds is 8. The van der Waals surface area contributed by atoms with Gasteiger partial charge in [0, 0.05) is 31.7 Å². The third-order valence-corrected chi connectivity index (χ3v) is 4.07. The van der Waals surface area contributed by atoms with Gasteiger partial charge in [-0.25, -0.2) is 4.98 Å². The second-order valence-electron chi connectivity index (χ2n) is 5.37. The van der Waals surface area contributed by atoms with E-state index in [1.54, 1.807) is 12.1 Å². The van der Waals surface area contributed by atoms with E-state index in [0.717, 1.165) is 26.2 Å². The summed E-state index contributed by atoms with van der Waals surface area (Å²) in [5.41, 5.74) is 1.06. The highest BCUT2D eigenvalue weighted by Gasteiger charge is 2.21. The molecule has 2 aromatic rings. The van der Waals surface area contributed by atoms with Gasteiger partial charge in [-0.3, -0.25) is 4.79 Å². The van der Waals surface area contributed by atoms with Crippen LogP contribution in [0.15, 0.2) is 30.3 Å². The molecule has 0 fully saturated rings. The van der Waals surface area contributed by atoms with Crippen molar-refractivity contribution in [1.82, 2.24) is 9.97 Å². The summed E-state index contributed by atoms with van der Waals surface area (Å²) in [6, 6.07) is 9.22. The molecule has 1 aromatic carbocycles. The van der Waals surface area contributed by atoms with Crippen LogP contribution >= 0.6 is 0 Å². The summed E-state index contributed by atoms with van der Waals surface area (Å²) < 4.78 is 0. The van der Waals surface area contributed by atoms with E-state index >= 15 is 0 Å². The van der Waals surface area contributed by atoms with Crippen molar-refractivity contribution in [3.63, 3.8) is 0 Å². The maximum Gasteiger partial charge on any atom is 0.227 e. The summed E-state index contributed by atoms with van der Waals surface area (Å²) in [4.78, 5) is 26.0. The van der Waals surface area contributed by atoms with Crippen molar-refractivity contribution in [3.05, 3.63) is 47.7 Å². The second kappa shape index (κ2) is 8.43. The van der Waals surface area contributed by atoms with E-state index in [2.05, 4.69) is 48.7 Å². The molecule has 0 bridgehead atoms. The van der Waals surface area contributed by atoms with Crippen LogP contribution in [0.1, 0.15) is 43.6 Å². The van der Waals surface area contributed by atoms with Crippen molar-refractivity contribution < 1.29 is 4.79 Å². The Morgan fingerprint density at radius 3 is 2.08 bits per heavy atom. The van der Waals surface area contributed by atoms with E-state index < -0.39 is 0 Å². The van der Waals surface area contributed by atoms with Crippen molar-refractivity contribution >= 4 is 17.5 Å². The number of anilines is 2. The lowest BCUT2D eigenvalue weighted by Gasteiger charge is -2.25. The molecule has 2 rings (SSSR count). The van der Waals surface area contributed by atoms with Gasteiger partial charge in [0.2, 0.25) is 5.95 Å². The maximum absolute atomic E-state index is 12.9. The summed E-state index contributed by atoms with van der Waals surface area (Å²) in [6.07, 6.45) is 2.96. The number of benzene rings is 1. The lowest BCUT2D eigenvalue weighted by molar-refractivity contribution is 0.103. The second-order valence-corrected chi connectivity index (χ2v) is 5.37. The van der Waals surface area contributed by atoms with Crippen molar-refractivity contribution in [2.24, 2.45) is 0 Å². The summed E-state index contributed by atoms with van der Waals surface area (Å²) >= 11 is 0. The van der Waals surface area contributed by atoms with Gasteiger partial charge in [0.25, 0.3) is 0 Å². The number of hydrogen-bond donors (Lipinski definition) is 0. The first-order valence-corrected chi connectivity index (χ1v) is 8.55. The molecule has 24 heavy (non-hydrogen) atoms. The van der Waals surface area contributed by atoms with Gasteiger partial charge < -0.3 is 9.80 Å². The Balaban J connectivity index is 2.52. The third-order valence-electron chi connectivity index (χ3n) is 4.07. The standard InChI is InChI=1S/C19H25N4O/c1-5-22(6-2)18-16(17(24)15-12-10-9-11-13-15)14-20-19(21-18)23(7-3)8-4/h9-13H,5-8H2,1-4H3. The van der Waals surface area contributed by atoms with Gasteiger partial charge in [0.15, 0.2) is 5.78 Å². The zero-order chi connectivity index (χ0) is 17.5. The minimum absolute atomic E-state index is 0.0939. The Morgan fingerprint density at radius 1 is 0.958 bits per heavy atom. The molecule has 0 amide bonds. The first kappa shape index (κ1) is 17.9. The summed E-state index contributed by atoms with van der Waals surface area (Å²) in [5, 5.41) is 0. The van der Waals surface area contributed by atoms with Crippen LogP contribution in [0.25, 0.3) is 0 Å². The fourth-order valence-electron chi connectivity index (χ4n) is 2.62. The number of carbonyl (C=O) groups is 1.